The zero-order chi connectivity index (χ0) is 21.1. The van der Waals surface area contributed by atoms with Crippen LogP contribution in [0.15, 0.2) is 0 Å². The fourth-order valence-electron chi connectivity index (χ4n) is 3.53. The summed E-state index contributed by atoms with van der Waals surface area (Å²) in [6.07, 6.45) is 18.7. The summed E-state index contributed by atoms with van der Waals surface area (Å²) in [6.45, 7) is 21.0. The first-order valence-electron chi connectivity index (χ1n) is 12.6. The molecule has 0 fully saturated rings. The molecule has 0 aliphatic carbocycles. The Kier molecular flexibility index (Phi) is 87.4. The van der Waals surface area contributed by atoms with Crippen LogP contribution in [0.25, 0.3) is 0 Å². The Balaban J connectivity index is -0.0000000364. The monoisotopic (exact) mass is 511 g/mol. The zero-order valence-electron chi connectivity index (χ0n) is 21.1. The van der Waals surface area contributed by atoms with Crippen molar-refractivity contribution in [2.45, 2.75) is 205 Å². The van der Waals surface area contributed by atoms with Crippen molar-refractivity contribution in [3.8, 4) is 0 Å². The minimum absolute atomic E-state index is 0. The molecule has 0 aromatic rings. The molecule has 0 spiro atoms. The zero-order valence-corrected chi connectivity index (χ0v) is 21.1. The summed E-state index contributed by atoms with van der Waals surface area (Å²) in [6, 6.07) is 0. The van der Waals surface area contributed by atoms with Gasteiger partial charge in [-0.05, 0) is 29.6 Å². The maximum absolute atomic E-state index is 2.42. The second-order valence-electron chi connectivity index (χ2n) is 10.9. The molecule has 0 aromatic carbocycles. The van der Waals surface area contributed by atoms with Crippen LogP contribution >= 0.6 is 0 Å². The molecule has 230 valence electrons. The van der Waals surface area contributed by atoms with Crippen LogP contribution in [0.3, 0.4) is 0 Å². The van der Waals surface area contributed by atoms with Crippen LogP contribution in [0, 0.1) is 29.6 Å². The molecule has 0 heteroatoms. The molecule has 0 heterocycles. The largest absolute Gasteiger partial charge is 0.0776 e. The van der Waals surface area contributed by atoms with Crippen LogP contribution < -0.4 is 0 Å². The minimum Gasteiger partial charge on any atom is -0.0776 e. The molecular formula is C35H90. The van der Waals surface area contributed by atoms with Crippen LogP contribution in [-0.2, 0) is 0 Å². The summed E-state index contributed by atoms with van der Waals surface area (Å²) in [5, 5.41) is 0. The van der Waals surface area contributed by atoms with E-state index in [0.717, 1.165) is 29.6 Å². The van der Waals surface area contributed by atoms with Crippen LogP contribution in [0.4, 0.5) is 0 Å². The molecule has 0 aliphatic heterocycles. The van der Waals surface area contributed by atoms with Crippen molar-refractivity contribution < 1.29 is 0 Å². The van der Waals surface area contributed by atoms with Gasteiger partial charge in [0.25, 0.3) is 0 Å². The van der Waals surface area contributed by atoms with Gasteiger partial charge in [-0.25, -0.2) is 0 Å². The van der Waals surface area contributed by atoms with E-state index in [-0.39, 0.29) is 59.4 Å². The molecule has 0 amide bonds. The Morgan fingerprint density at radius 3 is 0.686 bits per heavy atom. The summed E-state index contributed by atoms with van der Waals surface area (Å²) in [5.74, 6) is 4.52. The molecule has 0 radical (unpaired) electrons. The third-order valence-electron chi connectivity index (χ3n) is 5.52. The van der Waals surface area contributed by atoms with Crippen molar-refractivity contribution in [1.29, 1.82) is 0 Å². The van der Waals surface area contributed by atoms with Crippen molar-refractivity contribution >= 4 is 0 Å². The molecule has 35 heavy (non-hydrogen) atoms. The van der Waals surface area contributed by atoms with Gasteiger partial charge in [0.2, 0.25) is 0 Å². The highest BCUT2D eigenvalue weighted by Crippen LogP contribution is 2.19. The second-order valence-corrected chi connectivity index (χ2v) is 10.9. The van der Waals surface area contributed by atoms with E-state index in [9.17, 15) is 0 Å². The van der Waals surface area contributed by atoms with Crippen molar-refractivity contribution in [3.63, 3.8) is 0 Å². The Morgan fingerprint density at radius 1 is 0.257 bits per heavy atom. The third-order valence-corrected chi connectivity index (χ3v) is 5.52. The SMILES string of the molecule is C.C.C.C.C.C.C.C.CC(C)CCCC(C)CCCC(C)C.CC(C)CCCCCCCC(C)C. The maximum Gasteiger partial charge on any atom is -0.0443 e. The Bertz CT molecular complexity index is 235. The summed E-state index contributed by atoms with van der Waals surface area (Å²) in [5.41, 5.74) is 0. The van der Waals surface area contributed by atoms with Gasteiger partial charge in [-0.1, -0.05) is 205 Å². The van der Waals surface area contributed by atoms with Gasteiger partial charge < -0.3 is 0 Å². The lowest BCUT2D eigenvalue weighted by molar-refractivity contribution is 0.407. The molecule has 0 aliphatic rings. The van der Waals surface area contributed by atoms with Gasteiger partial charge in [0.05, 0.1) is 0 Å². The third kappa shape index (κ3) is 71.9. The fraction of sp³-hybridized carbons (Fsp3) is 1.00. The van der Waals surface area contributed by atoms with Crippen LogP contribution in [0.1, 0.15) is 205 Å². The van der Waals surface area contributed by atoms with E-state index < -0.39 is 0 Å². The lowest BCUT2D eigenvalue weighted by atomic mass is 9.94. The van der Waals surface area contributed by atoms with Gasteiger partial charge in [-0.15, -0.1) is 0 Å². The lowest BCUT2D eigenvalue weighted by Crippen LogP contribution is -1.98. The smallest absolute Gasteiger partial charge is 0.0443 e. The van der Waals surface area contributed by atoms with Crippen molar-refractivity contribution in [2.24, 2.45) is 29.6 Å². The number of hydrogen-bond acceptors (Lipinski definition) is 0. The van der Waals surface area contributed by atoms with E-state index in [4.69, 9.17) is 0 Å². The topological polar surface area (TPSA) is 0 Å². The van der Waals surface area contributed by atoms with E-state index in [1.54, 1.807) is 0 Å². The van der Waals surface area contributed by atoms with Gasteiger partial charge >= 0.3 is 0 Å². The predicted molar refractivity (Wildman–Crippen MR) is 182 cm³/mol. The van der Waals surface area contributed by atoms with Crippen LogP contribution in [0.2, 0.25) is 0 Å². The normalized spacial score (nSPS) is 9.09. The van der Waals surface area contributed by atoms with Crippen LogP contribution in [-0.4, -0.2) is 0 Å². The van der Waals surface area contributed by atoms with E-state index in [2.05, 4.69) is 62.3 Å². The molecule has 0 rings (SSSR count). The quantitative estimate of drug-likeness (QED) is 0.181. The van der Waals surface area contributed by atoms with E-state index in [1.165, 1.54) is 83.5 Å². The standard InChI is InChI=1S/C14H30.C13H28.8CH4/c1-12(2)8-6-10-14(5)11-7-9-13(3)4;1-12(2)10-8-6-5-7-9-11-13(3)4;;;;;;;;/h12-14H,6-11H2,1-5H3;12-13H,5-11H2,1-4H3;8*1H4. The van der Waals surface area contributed by atoms with E-state index in [0.29, 0.717) is 0 Å². The highest BCUT2D eigenvalue weighted by molar-refractivity contribution is 4.57. The lowest BCUT2D eigenvalue weighted by Gasteiger charge is -2.12. The minimum atomic E-state index is 0. The first-order valence-corrected chi connectivity index (χ1v) is 12.6. The average Bonchev–Trinajstić information content (AvgIpc) is 2.53. The first-order chi connectivity index (χ1) is 12.6. The Hall–Kier alpha value is 0. The first kappa shape index (κ1) is 64.7. The number of hydrogen-bond donors (Lipinski definition) is 0. The van der Waals surface area contributed by atoms with Crippen molar-refractivity contribution in [2.75, 3.05) is 0 Å². The molecule has 0 unspecified atom stereocenters. The van der Waals surface area contributed by atoms with Gasteiger partial charge in [-0.2, -0.15) is 0 Å². The summed E-state index contributed by atoms with van der Waals surface area (Å²) in [7, 11) is 0. The second kappa shape index (κ2) is 47.2. The van der Waals surface area contributed by atoms with Crippen LogP contribution in [0.5, 0.6) is 0 Å². The molecule has 0 aromatic heterocycles. The molecular weight excluding hydrogens is 420 g/mol. The summed E-state index contributed by atoms with van der Waals surface area (Å²) < 4.78 is 0. The highest BCUT2D eigenvalue weighted by Gasteiger charge is 2.03. The maximum atomic E-state index is 2.42. The van der Waals surface area contributed by atoms with Crippen molar-refractivity contribution in [3.05, 3.63) is 0 Å². The van der Waals surface area contributed by atoms with Gasteiger partial charge in [0.15, 0.2) is 0 Å². The summed E-state index contributed by atoms with van der Waals surface area (Å²) >= 11 is 0. The molecule has 0 N–H and O–H groups in total. The molecule has 0 nitrogen and oxygen atoms in total. The van der Waals surface area contributed by atoms with Gasteiger partial charge in [0, 0.05) is 0 Å². The Morgan fingerprint density at radius 2 is 0.457 bits per heavy atom. The molecule has 0 saturated heterocycles. The number of rotatable bonds is 16. The van der Waals surface area contributed by atoms with Gasteiger partial charge in [0.1, 0.15) is 0 Å². The molecule has 0 bridgehead atoms. The molecule has 0 atom stereocenters. The Labute approximate surface area is 234 Å². The highest BCUT2D eigenvalue weighted by atomic mass is 14.1. The predicted octanol–water partition coefficient (Wildman–Crippen LogP) is 15.4. The molecule has 0 saturated carbocycles. The number of unbranched alkanes of at least 4 members (excludes halogenated alkanes) is 4. The van der Waals surface area contributed by atoms with E-state index >= 15 is 0 Å². The fourth-order valence-corrected chi connectivity index (χ4v) is 3.53. The van der Waals surface area contributed by atoms with Crippen molar-refractivity contribution in [1.82, 2.24) is 0 Å². The average molecular weight is 511 g/mol. The van der Waals surface area contributed by atoms with Gasteiger partial charge in [-0.3, -0.25) is 0 Å². The van der Waals surface area contributed by atoms with E-state index in [1.807, 2.05) is 0 Å². The summed E-state index contributed by atoms with van der Waals surface area (Å²) in [4.78, 5) is 0.